The maximum absolute atomic E-state index is 12.5. The molecule has 0 saturated heterocycles. The minimum absolute atomic E-state index is 0.0938. The van der Waals surface area contributed by atoms with Gasteiger partial charge >= 0.3 is 5.97 Å². The molecule has 0 unspecified atom stereocenters. The van der Waals surface area contributed by atoms with E-state index in [1.54, 1.807) is 12.1 Å². The Balaban J connectivity index is 1.48. The average molecular weight is 584 g/mol. The van der Waals surface area contributed by atoms with Crippen molar-refractivity contribution in [3.63, 3.8) is 0 Å². The lowest BCUT2D eigenvalue weighted by molar-refractivity contribution is -0.177. The van der Waals surface area contributed by atoms with Gasteiger partial charge in [-0.1, -0.05) is 45.4 Å². The first-order chi connectivity index (χ1) is 20.1. The summed E-state index contributed by atoms with van der Waals surface area (Å²) in [5.74, 6) is -0.629. The van der Waals surface area contributed by atoms with Crippen molar-refractivity contribution in [2.75, 3.05) is 0 Å². The third kappa shape index (κ3) is 3.44. The molecule has 1 aromatic heterocycles. The topological polar surface area (TPSA) is 114 Å². The van der Waals surface area contributed by atoms with Crippen LogP contribution < -0.4 is 0 Å². The summed E-state index contributed by atoms with van der Waals surface area (Å²) in [6.45, 7) is 13.4. The van der Waals surface area contributed by atoms with Crippen LogP contribution in [-0.4, -0.2) is 31.4 Å². The largest absolute Gasteiger partial charge is 0.507 e. The molecule has 2 aromatic carbocycles. The molecule has 0 spiro atoms. The predicted octanol–water partition coefficient (Wildman–Crippen LogP) is 8.42. The van der Waals surface area contributed by atoms with Crippen LogP contribution >= 0.6 is 0 Å². The number of aliphatic carboxylic acids is 1. The zero-order chi connectivity index (χ0) is 30.9. The first-order valence-electron chi connectivity index (χ1n) is 15.9. The van der Waals surface area contributed by atoms with E-state index in [-0.39, 0.29) is 50.7 Å². The van der Waals surface area contributed by atoms with E-state index >= 15 is 0 Å². The molecular weight excluding hydrogens is 538 g/mol. The summed E-state index contributed by atoms with van der Waals surface area (Å²) in [4.78, 5) is 15.9. The standard InChI is InChI=1S/C37H45NO5/c1-20-29-21(22-19-38-24-8-7-9-25(39)30(22)24)16-27-35(4,23(29)17-26(40)31(20)41)13-15-37(6)28-18-34(3,32(42)43)11-10-33(28,2)12-14-36(27,37)5/h7-9,16-17,19,21,28,38-41H,10-15,18H2,1-6H3,(H,42,43)/t21-,28+,33+,34+,35-,36+,37-/m0/s1. The number of nitrogens with one attached hydrogen (secondary N) is 1. The smallest absolute Gasteiger partial charge is 0.309 e. The molecule has 0 aliphatic heterocycles. The lowest BCUT2D eigenvalue weighted by Crippen LogP contribution is -2.62. The van der Waals surface area contributed by atoms with Gasteiger partial charge in [-0.2, -0.15) is 0 Å². The van der Waals surface area contributed by atoms with Crippen LogP contribution in [0.2, 0.25) is 0 Å². The van der Waals surface area contributed by atoms with Gasteiger partial charge in [0.25, 0.3) is 0 Å². The number of aromatic nitrogens is 1. The maximum atomic E-state index is 12.5. The molecule has 1 heterocycles. The molecule has 43 heavy (non-hydrogen) atoms. The summed E-state index contributed by atoms with van der Waals surface area (Å²) in [6, 6.07) is 7.29. The van der Waals surface area contributed by atoms with Gasteiger partial charge in [0.2, 0.25) is 0 Å². The Morgan fingerprint density at radius 3 is 2.37 bits per heavy atom. The molecule has 4 aliphatic carbocycles. The van der Waals surface area contributed by atoms with Crippen molar-refractivity contribution < 1.29 is 25.2 Å². The fraction of sp³-hybridized carbons (Fsp3) is 0.541. The van der Waals surface area contributed by atoms with E-state index in [0.717, 1.165) is 66.1 Å². The summed E-state index contributed by atoms with van der Waals surface area (Å²) in [7, 11) is 0. The zero-order valence-corrected chi connectivity index (χ0v) is 26.3. The normalized spacial score (nSPS) is 38.4. The number of hydrogen-bond acceptors (Lipinski definition) is 4. The van der Waals surface area contributed by atoms with Crippen LogP contribution in [0, 0.1) is 34.5 Å². The number of carboxylic acid groups (broad SMARTS) is 1. The second kappa shape index (κ2) is 8.61. The van der Waals surface area contributed by atoms with Gasteiger partial charge < -0.3 is 25.4 Å². The highest BCUT2D eigenvalue weighted by molar-refractivity contribution is 5.90. The molecule has 228 valence electrons. The number of hydrogen-bond donors (Lipinski definition) is 5. The number of rotatable bonds is 2. The Morgan fingerprint density at radius 2 is 1.65 bits per heavy atom. The van der Waals surface area contributed by atoms with Crippen LogP contribution in [0.15, 0.2) is 42.1 Å². The minimum atomic E-state index is -0.718. The molecular formula is C37H45NO5. The molecule has 6 heteroatoms. The molecule has 0 radical (unpaired) electrons. The zero-order valence-electron chi connectivity index (χ0n) is 26.3. The fourth-order valence-electron chi connectivity index (χ4n) is 10.6. The summed E-state index contributed by atoms with van der Waals surface area (Å²) in [5.41, 5.74) is 4.58. The first-order valence-corrected chi connectivity index (χ1v) is 15.9. The van der Waals surface area contributed by atoms with E-state index in [1.807, 2.05) is 32.2 Å². The molecule has 3 aromatic rings. The third-order valence-corrected chi connectivity index (χ3v) is 13.7. The monoisotopic (exact) mass is 583 g/mol. The van der Waals surface area contributed by atoms with Crippen molar-refractivity contribution in [3.8, 4) is 17.2 Å². The van der Waals surface area contributed by atoms with Crippen molar-refractivity contribution in [3.05, 3.63) is 64.4 Å². The van der Waals surface area contributed by atoms with Gasteiger partial charge in [0.1, 0.15) is 5.75 Å². The van der Waals surface area contributed by atoms with Crippen molar-refractivity contribution in [2.24, 2.45) is 27.6 Å². The van der Waals surface area contributed by atoms with Crippen molar-refractivity contribution in [1.29, 1.82) is 0 Å². The quantitative estimate of drug-likeness (QED) is 0.153. The number of allylic oxidation sites excluding steroid dienone is 2. The van der Waals surface area contributed by atoms with Crippen LogP contribution in [0.5, 0.6) is 17.2 Å². The van der Waals surface area contributed by atoms with E-state index in [0.29, 0.717) is 12.0 Å². The van der Waals surface area contributed by atoms with Gasteiger partial charge in [0, 0.05) is 28.4 Å². The van der Waals surface area contributed by atoms with E-state index < -0.39 is 11.4 Å². The predicted molar refractivity (Wildman–Crippen MR) is 168 cm³/mol. The van der Waals surface area contributed by atoms with Gasteiger partial charge in [-0.25, -0.2) is 0 Å². The molecule has 7 atom stereocenters. The van der Waals surface area contributed by atoms with E-state index in [4.69, 9.17) is 0 Å². The van der Waals surface area contributed by atoms with Crippen LogP contribution in [0.3, 0.4) is 0 Å². The number of phenolic OH excluding ortho intramolecular Hbond substituents is 3. The van der Waals surface area contributed by atoms with Crippen molar-refractivity contribution in [2.45, 2.75) is 97.8 Å². The van der Waals surface area contributed by atoms with E-state index in [1.165, 1.54) is 5.57 Å². The van der Waals surface area contributed by atoms with Gasteiger partial charge in [-0.3, -0.25) is 4.79 Å². The summed E-state index contributed by atoms with van der Waals surface area (Å²) in [6.07, 6.45) is 10.7. The van der Waals surface area contributed by atoms with Gasteiger partial charge in [0.05, 0.1) is 5.41 Å². The van der Waals surface area contributed by atoms with Gasteiger partial charge in [0.15, 0.2) is 11.5 Å². The Hall–Kier alpha value is -3.41. The van der Waals surface area contributed by atoms with E-state index in [9.17, 15) is 25.2 Å². The highest BCUT2D eigenvalue weighted by Gasteiger charge is 2.67. The third-order valence-electron chi connectivity index (χ3n) is 13.7. The lowest BCUT2D eigenvalue weighted by Gasteiger charge is -2.70. The van der Waals surface area contributed by atoms with Crippen LogP contribution in [0.1, 0.15) is 108 Å². The van der Waals surface area contributed by atoms with Gasteiger partial charge in [-0.05, 0) is 121 Å². The number of aromatic amines is 1. The highest BCUT2D eigenvalue weighted by atomic mass is 16.4. The summed E-state index contributed by atoms with van der Waals surface area (Å²) in [5, 5.41) is 44.0. The number of phenols is 3. The summed E-state index contributed by atoms with van der Waals surface area (Å²) < 4.78 is 0. The van der Waals surface area contributed by atoms with Crippen molar-refractivity contribution in [1.82, 2.24) is 4.98 Å². The molecule has 3 saturated carbocycles. The highest BCUT2D eigenvalue weighted by Crippen LogP contribution is 2.75. The second-order valence-corrected chi connectivity index (χ2v) is 15.7. The van der Waals surface area contributed by atoms with Crippen LogP contribution in [0.25, 0.3) is 10.9 Å². The SMILES string of the molecule is Cc1c(O)c(O)cc2c1[C@H](c1c[nH]c3cccc(O)c13)C=C1[C@@]2(C)CC[C@@]2(C)[C@@H]3C[C@](C)(C(=O)O)CC[C@]3(C)CC[C@]12C. The molecule has 5 N–H and O–H groups in total. The minimum Gasteiger partial charge on any atom is -0.507 e. The second-order valence-electron chi connectivity index (χ2n) is 15.7. The van der Waals surface area contributed by atoms with Gasteiger partial charge in [-0.15, -0.1) is 0 Å². The molecule has 7 rings (SSSR count). The summed E-state index contributed by atoms with van der Waals surface area (Å²) >= 11 is 0. The molecule has 3 fully saturated rings. The molecule has 0 amide bonds. The number of carbonyl (C=O) groups is 1. The van der Waals surface area contributed by atoms with Crippen molar-refractivity contribution >= 4 is 16.9 Å². The Morgan fingerprint density at radius 1 is 0.930 bits per heavy atom. The number of aromatic hydroxyl groups is 3. The average Bonchev–Trinajstić information content (AvgIpc) is 3.40. The van der Waals surface area contributed by atoms with Crippen LogP contribution in [-0.2, 0) is 10.2 Å². The molecule has 0 bridgehead atoms. The first kappa shape index (κ1) is 28.4. The maximum Gasteiger partial charge on any atom is 0.309 e. The molecule has 4 aliphatic rings. The molecule has 6 nitrogen and oxygen atoms in total. The van der Waals surface area contributed by atoms with Crippen LogP contribution in [0.4, 0.5) is 0 Å². The number of benzene rings is 2. The Kier molecular flexibility index (Phi) is 5.68. The number of fused-ring (bicyclic) bond motifs is 8. The Labute approximate surface area is 253 Å². The number of carboxylic acids is 1. The Bertz CT molecular complexity index is 1740. The van der Waals surface area contributed by atoms with E-state index in [2.05, 4.69) is 38.8 Å². The number of H-pyrrole nitrogens is 1. The lowest BCUT2D eigenvalue weighted by atomic mass is 9.34. The fourth-order valence-corrected chi connectivity index (χ4v) is 10.6.